The van der Waals surface area contributed by atoms with Crippen molar-refractivity contribution in [1.82, 2.24) is 15.5 Å². The van der Waals surface area contributed by atoms with Crippen molar-refractivity contribution in [1.29, 1.82) is 0 Å². The number of hydrogen-bond donors (Lipinski definition) is 1. The lowest BCUT2D eigenvalue weighted by molar-refractivity contribution is 0.422. The quantitative estimate of drug-likeness (QED) is 0.792. The highest BCUT2D eigenvalue weighted by Gasteiger charge is 2.13. The molecule has 0 aliphatic carbocycles. The van der Waals surface area contributed by atoms with Gasteiger partial charge in [-0.1, -0.05) is 29.4 Å². The van der Waals surface area contributed by atoms with E-state index in [0.29, 0.717) is 23.5 Å². The first kappa shape index (κ1) is 12.7. The van der Waals surface area contributed by atoms with Crippen molar-refractivity contribution in [2.45, 2.75) is 6.42 Å². The molecule has 0 fully saturated rings. The molecule has 1 aromatic heterocycles. The van der Waals surface area contributed by atoms with E-state index in [9.17, 15) is 4.39 Å². The summed E-state index contributed by atoms with van der Waals surface area (Å²) in [6, 6.07) is 10.4. The molecule has 0 unspecified atom stereocenters. The number of aromatic nitrogens is 2. The van der Waals surface area contributed by atoms with Crippen LogP contribution in [0.25, 0.3) is 22.2 Å². The fourth-order valence-electron chi connectivity index (χ4n) is 2.15. The second kappa shape index (κ2) is 5.38. The third-order valence-corrected chi connectivity index (χ3v) is 3.17. The van der Waals surface area contributed by atoms with Gasteiger partial charge in [0.25, 0.3) is 5.89 Å². The van der Waals surface area contributed by atoms with Crippen molar-refractivity contribution in [3.8, 4) is 11.5 Å². The fraction of sp³-hybridized carbons (Fsp3) is 0.200. The molecule has 0 saturated carbocycles. The standard InChI is InChI=1S/C15H14FN3O/c1-17-9-8-14-18-15(20-19-14)12-6-7-13(16)11-5-3-2-4-10(11)12/h2-7,17H,8-9H2,1H3. The molecule has 0 bridgehead atoms. The van der Waals surface area contributed by atoms with Crippen LogP contribution in [0.15, 0.2) is 40.9 Å². The molecule has 3 aromatic rings. The predicted octanol–water partition coefficient (Wildman–Crippen LogP) is 2.79. The van der Waals surface area contributed by atoms with Gasteiger partial charge in [-0.2, -0.15) is 4.98 Å². The zero-order valence-corrected chi connectivity index (χ0v) is 11.1. The van der Waals surface area contributed by atoms with E-state index in [2.05, 4.69) is 15.5 Å². The Bertz CT molecular complexity index is 739. The zero-order chi connectivity index (χ0) is 13.9. The SMILES string of the molecule is CNCCc1noc(-c2ccc(F)c3ccccc23)n1. The maximum atomic E-state index is 13.8. The zero-order valence-electron chi connectivity index (χ0n) is 11.1. The lowest BCUT2D eigenvalue weighted by atomic mass is 10.0. The van der Waals surface area contributed by atoms with E-state index in [1.54, 1.807) is 18.2 Å². The monoisotopic (exact) mass is 271 g/mol. The molecule has 1 N–H and O–H groups in total. The summed E-state index contributed by atoms with van der Waals surface area (Å²) in [4.78, 5) is 4.36. The first-order valence-corrected chi connectivity index (χ1v) is 6.44. The van der Waals surface area contributed by atoms with Crippen LogP contribution in [0.2, 0.25) is 0 Å². The average Bonchev–Trinajstić information content (AvgIpc) is 2.94. The number of benzene rings is 2. The van der Waals surface area contributed by atoms with Crippen molar-refractivity contribution >= 4 is 10.8 Å². The van der Waals surface area contributed by atoms with E-state index in [-0.39, 0.29) is 5.82 Å². The van der Waals surface area contributed by atoms with E-state index >= 15 is 0 Å². The van der Waals surface area contributed by atoms with Crippen LogP contribution in [0.1, 0.15) is 5.82 Å². The second-order valence-corrected chi connectivity index (χ2v) is 4.51. The summed E-state index contributed by atoms with van der Waals surface area (Å²) in [5.74, 6) is 0.814. The van der Waals surface area contributed by atoms with Gasteiger partial charge in [0.2, 0.25) is 0 Å². The minimum absolute atomic E-state index is 0.251. The molecule has 2 aromatic carbocycles. The Kier molecular flexibility index (Phi) is 3.43. The Morgan fingerprint density at radius 1 is 1.15 bits per heavy atom. The van der Waals surface area contributed by atoms with Crippen molar-refractivity contribution in [3.05, 3.63) is 48.0 Å². The highest BCUT2D eigenvalue weighted by Crippen LogP contribution is 2.29. The van der Waals surface area contributed by atoms with Crippen LogP contribution in [0, 0.1) is 5.82 Å². The number of nitrogens with one attached hydrogen (secondary N) is 1. The summed E-state index contributed by atoms with van der Waals surface area (Å²) in [7, 11) is 1.87. The van der Waals surface area contributed by atoms with Gasteiger partial charge in [0, 0.05) is 23.9 Å². The number of hydrogen-bond acceptors (Lipinski definition) is 4. The highest BCUT2D eigenvalue weighted by atomic mass is 19.1. The molecule has 0 saturated heterocycles. The highest BCUT2D eigenvalue weighted by molar-refractivity contribution is 5.95. The molecule has 4 nitrogen and oxygen atoms in total. The Balaban J connectivity index is 2.06. The molecule has 0 amide bonds. The van der Waals surface area contributed by atoms with E-state index in [1.165, 1.54) is 6.07 Å². The van der Waals surface area contributed by atoms with Crippen LogP contribution >= 0.6 is 0 Å². The van der Waals surface area contributed by atoms with Gasteiger partial charge in [-0.25, -0.2) is 4.39 Å². The smallest absolute Gasteiger partial charge is 0.258 e. The van der Waals surface area contributed by atoms with Gasteiger partial charge in [-0.15, -0.1) is 0 Å². The Morgan fingerprint density at radius 2 is 1.95 bits per heavy atom. The van der Waals surface area contributed by atoms with E-state index in [0.717, 1.165) is 17.5 Å². The van der Waals surface area contributed by atoms with Crippen LogP contribution in [0.5, 0.6) is 0 Å². The number of rotatable bonds is 4. The first-order chi connectivity index (χ1) is 9.79. The van der Waals surface area contributed by atoms with Crippen LogP contribution in [-0.2, 0) is 6.42 Å². The Labute approximate surface area is 115 Å². The van der Waals surface area contributed by atoms with Gasteiger partial charge in [-0.3, -0.25) is 0 Å². The minimum Gasteiger partial charge on any atom is -0.334 e. The first-order valence-electron chi connectivity index (χ1n) is 6.44. The summed E-state index contributed by atoms with van der Waals surface area (Å²) in [6.45, 7) is 0.781. The summed E-state index contributed by atoms with van der Waals surface area (Å²) >= 11 is 0. The molecule has 0 spiro atoms. The summed E-state index contributed by atoms with van der Waals surface area (Å²) in [5, 5.41) is 8.30. The molecule has 20 heavy (non-hydrogen) atoms. The Hall–Kier alpha value is -2.27. The second-order valence-electron chi connectivity index (χ2n) is 4.51. The van der Waals surface area contributed by atoms with Crippen LogP contribution < -0.4 is 5.32 Å². The lowest BCUT2D eigenvalue weighted by Crippen LogP contribution is -2.11. The van der Waals surface area contributed by atoms with Gasteiger partial charge < -0.3 is 9.84 Å². The summed E-state index contributed by atoms with van der Waals surface area (Å²) in [5.41, 5.74) is 0.755. The molecule has 3 rings (SSSR count). The molecule has 0 aliphatic rings. The summed E-state index contributed by atoms with van der Waals surface area (Å²) < 4.78 is 19.1. The number of nitrogens with zero attached hydrogens (tertiary/aromatic N) is 2. The third-order valence-electron chi connectivity index (χ3n) is 3.17. The van der Waals surface area contributed by atoms with Crippen molar-refractivity contribution in [3.63, 3.8) is 0 Å². The topological polar surface area (TPSA) is 51.0 Å². The van der Waals surface area contributed by atoms with E-state index in [1.807, 2.05) is 19.2 Å². The molecule has 1 heterocycles. The molecular weight excluding hydrogens is 257 g/mol. The largest absolute Gasteiger partial charge is 0.334 e. The molecule has 0 atom stereocenters. The van der Waals surface area contributed by atoms with Crippen LogP contribution in [-0.4, -0.2) is 23.7 Å². The van der Waals surface area contributed by atoms with Gasteiger partial charge >= 0.3 is 0 Å². The average molecular weight is 271 g/mol. The van der Waals surface area contributed by atoms with Gasteiger partial charge in [0.1, 0.15) is 5.82 Å². The van der Waals surface area contributed by atoms with Crippen molar-refractivity contribution < 1.29 is 8.91 Å². The molecule has 102 valence electrons. The van der Waals surface area contributed by atoms with Crippen molar-refractivity contribution in [2.24, 2.45) is 0 Å². The molecule has 0 radical (unpaired) electrons. The molecular formula is C15H14FN3O. The fourth-order valence-corrected chi connectivity index (χ4v) is 2.15. The normalized spacial score (nSPS) is 11.1. The van der Waals surface area contributed by atoms with Crippen LogP contribution in [0.3, 0.4) is 0 Å². The van der Waals surface area contributed by atoms with E-state index in [4.69, 9.17) is 4.52 Å². The maximum absolute atomic E-state index is 13.8. The van der Waals surface area contributed by atoms with E-state index < -0.39 is 0 Å². The molecule has 5 heteroatoms. The number of halogens is 1. The lowest BCUT2D eigenvalue weighted by Gasteiger charge is -2.03. The number of fused-ring (bicyclic) bond motifs is 1. The molecule has 0 aliphatic heterocycles. The summed E-state index contributed by atoms with van der Waals surface area (Å²) in [6.07, 6.45) is 0.694. The number of likely N-dealkylation sites (N-methyl/N-ethyl adjacent to an activating group) is 1. The maximum Gasteiger partial charge on any atom is 0.258 e. The van der Waals surface area contributed by atoms with Gasteiger partial charge in [0.05, 0.1) is 0 Å². The Morgan fingerprint density at radius 3 is 2.75 bits per heavy atom. The predicted molar refractivity (Wildman–Crippen MR) is 74.8 cm³/mol. The van der Waals surface area contributed by atoms with Gasteiger partial charge in [0.15, 0.2) is 5.82 Å². The third kappa shape index (κ3) is 2.28. The van der Waals surface area contributed by atoms with Crippen molar-refractivity contribution in [2.75, 3.05) is 13.6 Å². The minimum atomic E-state index is -0.251. The van der Waals surface area contributed by atoms with Gasteiger partial charge in [-0.05, 0) is 24.6 Å². The van der Waals surface area contributed by atoms with Crippen LogP contribution in [0.4, 0.5) is 4.39 Å².